The standard InChI is InChI=1S/C16H14FN/c1-12-6-2-3-7-13(12)10-14(11-18)15-8-4-5-9-16(15)17/h2-9,14H,10H2,1H3. The highest BCUT2D eigenvalue weighted by atomic mass is 19.1. The Hall–Kier alpha value is -2.14. The molecule has 0 N–H and O–H groups in total. The molecule has 2 rings (SSSR count). The minimum Gasteiger partial charge on any atom is -0.207 e. The molecule has 2 heteroatoms. The molecule has 0 bridgehead atoms. The summed E-state index contributed by atoms with van der Waals surface area (Å²) in [5.41, 5.74) is 2.70. The molecule has 0 heterocycles. The number of halogens is 1. The molecule has 2 aromatic rings. The highest BCUT2D eigenvalue weighted by Crippen LogP contribution is 2.24. The molecule has 0 aliphatic rings. The predicted molar refractivity (Wildman–Crippen MR) is 69.6 cm³/mol. The number of rotatable bonds is 3. The Bertz CT molecular complexity index is 584. The molecule has 0 aromatic heterocycles. The van der Waals surface area contributed by atoms with Crippen molar-refractivity contribution in [2.45, 2.75) is 19.3 Å². The Labute approximate surface area is 107 Å². The maximum Gasteiger partial charge on any atom is 0.127 e. The number of hydrogen-bond acceptors (Lipinski definition) is 1. The summed E-state index contributed by atoms with van der Waals surface area (Å²) in [4.78, 5) is 0. The van der Waals surface area contributed by atoms with Crippen LogP contribution in [-0.2, 0) is 6.42 Å². The maximum absolute atomic E-state index is 13.7. The molecule has 0 saturated heterocycles. The van der Waals surface area contributed by atoms with E-state index in [4.69, 9.17) is 0 Å². The van der Waals surface area contributed by atoms with Crippen molar-refractivity contribution < 1.29 is 4.39 Å². The van der Waals surface area contributed by atoms with E-state index < -0.39 is 5.92 Å². The van der Waals surface area contributed by atoms with Gasteiger partial charge >= 0.3 is 0 Å². The first-order valence-electron chi connectivity index (χ1n) is 5.91. The zero-order valence-electron chi connectivity index (χ0n) is 10.2. The number of nitrogens with zero attached hydrogens (tertiary/aromatic N) is 1. The van der Waals surface area contributed by atoms with Crippen molar-refractivity contribution in [3.8, 4) is 6.07 Å². The largest absolute Gasteiger partial charge is 0.207 e. The third-order valence-electron chi connectivity index (χ3n) is 3.12. The SMILES string of the molecule is Cc1ccccc1CC(C#N)c1ccccc1F. The zero-order valence-corrected chi connectivity index (χ0v) is 10.2. The lowest BCUT2D eigenvalue weighted by Crippen LogP contribution is -2.04. The summed E-state index contributed by atoms with van der Waals surface area (Å²) in [6.07, 6.45) is 0.546. The summed E-state index contributed by atoms with van der Waals surface area (Å²) in [5.74, 6) is -0.745. The lowest BCUT2D eigenvalue weighted by Gasteiger charge is -2.12. The fraction of sp³-hybridized carbons (Fsp3) is 0.188. The molecule has 1 atom stereocenters. The van der Waals surface area contributed by atoms with Gasteiger partial charge in [-0.1, -0.05) is 42.5 Å². The number of benzene rings is 2. The Balaban J connectivity index is 2.30. The average molecular weight is 239 g/mol. The minimum absolute atomic E-state index is 0.308. The Kier molecular flexibility index (Phi) is 3.74. The van der Waals surface area contributed by atoms with Crippen LogP contribution < -0.4 is 0 Å². The Morgan fingerprint density at radius 3 is 2.44 bits per heavy atom. The van der Waals surface area contributed by atoms with Crippen molar-refractivity contribution in [1.29, 1.82) is 5.26 Å². The van der Waals surface area contributed by atoms with E-state index in [-0.39, 0.29) is 5.82 Å². The molecule has 90 valence electrons. The second-order valence-corrected chi connectivity index (χ2v) is 4.33. The molecule has 0 spiro atoms. The number of nitriles is 1. The number of aryl methyl sites for hydroxylation is 1. The van der Waals surface area contributed by atoms with Gasteiger partial charge in [-0.2, -0.15) is 5.26 Å². The molecule has 1 unspecified atom stereocenters. The van der Waals surface area contributed by atoms with Gasteiger partial charge in [0, 0.05) is 5.56 Å². The van der Waals surface area contributed by atoms with Gasteiger partial charge in [-0.3, -0.25) is 0 Å². The van der Waals surface area contributed by atoms with Gasteiger partial charge in [-0.05, 0) is 30.5 Å². The van der Waals surface area contributed by atoms with Crippen molar-refractivity contribution in [3.63, 3.8) is 0 Å². The second kappa shape index (κ2) is 5.46. The summed E-state index contributed by atoms with van der Waals surface area (Å²) in [6, 6.07) is 16.6. The van der Waals surface area contributed by atoms with Gasteiger partial charge < -0.3 is 0 Å². The quantitative estimate of drug-likeness (QED) is 0.794. The van der Waals surface area contributed by atoms with E-state index in [0.29, 0.717) is 12.0 Å². The van der Waals surface area contributed by atoms with Crippen LogP contribution in [0.2, 0.25) is 0 Å². The highest BCUT2D eigenvalue weighted by molar-refractivity contribution is 5.33. The second-order valence-electron chi connectivity index (χ2n) is 4.33. The van der Waals surface area contributed by atoms with Crippen LogP contribution in [0.1, 0.15) is 22.6 Å². The third-order valence-corrected chi connectivity index (χ3v) is 3.12. The van der Waals surface area contributed by atoms with E-state index in [1.54, 1.807) is 18.2 Å². The molecule has 18 heavy (non-hydrogen) atoms. The normalized spacial score (nSPS) is 11.8. The van der Waals surface area contributed by atoms with E-state index in [2.05, 4.69) is 6.07 Å². The molecular weight excluding hydrogens is 225 g/mol. The summed E-state index contributed by atoms with van der Waals surface area (Å²) >= 11 is 0. The van der Waals surface area contributed by atoms with Gasteiger partial charge in [0.1, 0.15) is 5.82 Å². The zero-order chi connectivity index (χ0) is 13.0. The van der Waals surface area contributed by atoms with Crippen LogP contribution in [0.25, 0.3) is 0 Å². The van der Waals surface area contributed by atoms with Crippen molar-refractivity contribution >= 4 is 0 Å². The third kappa shape index (κ3) is 2.57. The molecular formula is C16H14FN. The maximum atomic E-state index is 13.7. The number of hydrogen-bond donors (Lipinski definition) is 0. The molecule has 2 aromatic carbocycles. The fourth-order valence-electron chi connectivity index (χ4n) is 2.04. The van der Waals surface area contributed by atoms with E-state index in [0.717, 1.165) is 11.1 Å². The van der Waals surface area contributed by atoms with Crippen molar-refractivity contribution in [3.05, 3.63) is 71.0 Å². The predicted octanol–water partition coefficient (Wildman–Crippen LogP) is 3.98. The van der Waals surface area contributed by atoms with Crippen molar-refractivity contribution in [1.82, 2.24) is 0 Å². The van der Waals surface area contributed by atoms with Crippen LogP contribution in [0.3, 0.4) is 0 Å². The first-order chi connectivity index (χ1) is 8.72. The molecule has 0 aliphatic carbocycles. The molecule has 0 saturated carbocycles. The van der Waals surface area contributed by atoms with Crippen LogP contribution in [0, 0.1) is 24.1 Å². The monoisotopic (exact) mass is 239 g/mol. The first kappa shape index (κ1) is 12.3. The molecule has 0 amide bonds. The first-order valence-corrected chi connectivity index (χ1v) is 5.91. The van der Waals surface area contributed by atoms with Gasteiger partial charge in [-0.15, -0.1) is 0 Å². The van der Waals surface area contributed by atoms with E-state index >= 15 is 0 Å². The Morgan fingerprint density at radius 2 is 1.78 bits per heavy atom. The smallest absolute Gasteiger partial charge is 0.127 e. The summed E-state index contributed by atoms with van der Waals surface area (Å²) in [7, 11) is 0. The molecule has 0 fully saturated rings. The average Bonchev–Trinajstić information content (AvgIpc) is 2.39. The molecule has 0 aliphatic heterocycles. The van der Waals surface area contributed by atoms with Crippen LogP contribution >= 0.6 is 0 Å². The van der Waals surface area contributed by atoms with Gasteiger partial charge in [-0.25, -0.2) is 4.39 Å². The fourth-order valence-corrected chi connectivity index (χ4v) is 2.04. The summed E-state index contributed by atoms with van der Waals surface area (Å²) in [5, 5.41) is 9.24. The van der Waals surface area contributed by atoms with Crippen molar-refractivity contribution in [2.24, 2.45) is 0 Å². The lowest BCUT2D eigenvalue weighted by atomic mass is 9.91. The van der Waals surface area contributed by atoms with E-state index in [9.17, 15) is 9.65 Å². The van der Waals surface area contributed by atoms with Crippen LogP contribution in [0.15, 0.2) is 48.5 Å². The van der Waals surface area contributed by atoms with E-state index in [1.165, 1.54) is 6.07 Å². The highest BCUT2D eigenvalue weighted by Gasteiger charge is 2.16. The van der Waals surface area contributed by atoms with Crippen molar-refractivity contribution in [2.75, 3.05) is 0 Å². The van der Waals surface area contributed by atoms with Crippen LogP contribution in [0.4, 0.5) is 4.39 Å². The molecule has 1 nitrogen and oxygen atoms in total. The summed E-state index contributed by atoms with van der Waals surface area (Å²) < 4.78 is 13.7. The minimum atomic E-state index is -0.438. The van der Waals surface area contributed by atoms with Gasteiger partial charge in [0.15, 0.2) is 0 Å². The van der Waals surface area contributed by atoms with Crippen LogP contribution in [-0.4, -0.2) is 0 Å². The van der Waals surface area contributed by atoms with Gasteiger partial charge in [0.25, 0.3) is 0 Å². The lowest BCUT2D eigenvalue weighted by molar-refractivity contribution is 0.600. The Morgan fingerprint density at radius 1 is 1.11 bits per heavy atom. The van der Waals surface area contributed by atoms with Crippen LogP contribution in [0.5, 0.6) is 0 Å². The molecule has 0 radical (unpaired) electrons. The topological polar surface area (TPSA) is 23.8 Å². The van der Waals surface area contributed by atoms with Gasteiger partial charge in [0.05, 0.1) is 12.0 Å². The van der Waals surface area contributed by atoms with E-state index in [1.807, 2.05) is 31.2 Å². The van der Waals surface area contributed by atoms with Gasteiger partial charge in [0.2, 0.25) is 0 Å². The summed E-state index contributed by atoms with van der Waals surface area (Å²) in [6.45, 7) is 2.01.